The molecule has 0 saturated carbocycles. The Kier molecular flexibility index (Phi) is 3.93. The number of carbonyl (C=O) groups is 2. The summed E-state index contributed by atoms with van der Waals surface area (Å²) < 4.78 is 10.9. The second kappa shape index (κ2) is 5.64. The first-order valence-electron chi connectivity index (χ1n) is 6.14. The Morgan fingerprint density at radius 3 is 2.95 bits per heavy atom. The molecule has 20 heavy (non-hydrogen) atoms. The maximum Gasteiger partial charge on any atom is 0.328 e. The number of nitrogens with zero attached hydrogens (tertiary/aromatic N) is 1. The number of hydrogen-bond donors (Lipinski definition) is 1. The van der Waals surface area contributed by atoms with Crippen LogP contribution in [0.4, 0.5) is 5.69 Å². The molecule has 2 rings (SSSR count). The van der Waals surface area contributed by atoms with Crippen molar-refractivity contribution in [3.63, 3.8) is 0 Å². The van der Waals surface area contributed by atoms with E-state index in [-0.39, 0.29) is 12.5 Å². The van der Waals surface area contributed by atoms with Crippen LogP contribution in [-0.2, 0) is 9.59 Å². The summed E-state index contributed by atoms with van der Waals surface area (Å²) in [5.74, 6) is -0.212. The van der Waals surface area contributed by atoms with E-state index in [2.05, 4.69) is 0 Å². The molecule has 0 aromatic heterocycles. The van der Waals surface area contributed by atoms with Crippen LogP contribution in [0.1, 0.15) is 12.5 Å². The van der Waals surface area contributed by atoms with E-state index in [9.17, 15) is 9.59 Å². The molecule has 1 aliphatic heterocycles. The molecular formula is C14H15NO5. The van der Waals surface area contributed by atoms with Crippen molar-refractivity contribution in [2.45, 2.75) is 6.92 Å². The number of rotatable bonds is 4. The molecule has 1 aliphatic rings. The van der Waals surface area contributed by atoms with Gasteiger partial charge in [0.2, 0.25) is 0 Å². The normalized spacial score (nSPS) is 14.1. The van der Waals surface area contributed by atoms with Gasteiger partial charge in [0.05, 0.1) is 12.3 Å². The highest BCUT2D eigenvalue weighted by Crippen LogP contribution is 2.41. The number of carbonyl (C=O) groups excluding carboxylic acids is 1. The molecule has 0 unspecified atom stereocenters. The van der Waals surface area contributed by atoms with Crippen molar-refractivity contribution in [2.75, 3.05) is 25.2 Å². The molecular weight excluding hydrogens is 262 g/mol. The Morgan fingerprint density at radius 1 is 1.55 bits per heavy atom. The van der Waals surface area contributed by atoms with Crippen LogP contribution in [0, 0.1) is 0 Å². The van der Waals surface area contributed by atoms with Crippen molar-refractivity contribution in [3.8, 4) is 11.5 Å². The largest absolute Gasteiger partial charge is 0.490 e. The quantitative estimate of drug-likeness (QED) is 0.845. The third kappa shape index (κ3) is 2.74. The van der Waals surface area contributed by atoms with Crippen LogP contribution < -0.4 is 14.4 Å². The van der Waals surface area contributed by atoms with E-state index in [1.165, 1.54) is 11.0 Å². The van der Waals surface area contributed by atoms with Crippen LogP contribution in [-0.4, -0.2) is 37.2 Å². The fraction of sp³-hybridized carbons (Fsp3) is 0.286. The molecule has 1 amide bonds. The summed E-state index contributed by atoms with van der Waals surface area (Å²) in [6.45, 7) is 2.25. The van der Waals surface area contributed by atoms with E-state index >= 15 is 0 Å². The first kappa shape index (κ1) is 13.9. The van der Waals surface area contributed by atoms with Gasteiger partial charge in [0.1, 0.15) is 0 Å². The number of amides is 1. The van der Waals surface area contributed by atoms with Gasteiger partial charge >= 0.3 is 5.97 Å². The maximum atomic E-state index is 11.7. The topological polar surface area (TPSA) is 76.1 Å². The minimum absolute atomic E-state index is 0.0338. The van der Waals surface area contributed by atoms with Gasteiger partial charge in [-0.1, -0.05) is 0 Å². The van der Waals surface area contributed by atoms with E-state index in [4.69, 9.17) is 14.6 Å². The summed E-state index contributed by atoms with van der Waals surface area (Å²) in [5.41, 5.74) is 1.19. The number of aliphatic carboxylic acids is 1. The first-order chi connectivity index (χ1) is 9.52. The molecule has 0 fully saturated rings. The maximum absolute atomic E-state index is 11.7. The number of carboxylic acid groups (broad SMARTS) is 1. The summed E-state index contributed by atoms with van der Waals surface area (Å²) in [5, 5.41) is 8.67. The Morgan fingerprint density at radius 2 is 2.30 bits per heavy atom. The number of likely N-dealkylation sites (N-methyl/N-ethyl adjacent to an activating group) is 1. The van der Waals surface area contributed by atoms with E-state index in [0.717, 1.165) is 6.08 Å². The van der Waals surface area contributed by atoms with Crippen LogP contribution in [0.3, 0.4) is 0 Å². The molecule has 106 valence electrons. The van der Waals surface area contributed by atoms with Crippen molar-refractivity contribution < 1.29 is 24.2 Å². The highest BCUT2D eigenvalue weighted by molar-refractivity contribution is 5.98. The Labute approximate surface area is 116 Å². The molecule has 0 aliphatic carbocycles. The van der Waals surface area contributed by atoms with Crippen molar-refractivity contribution in [3.05, 3.63) is 23.8 Å². The molecule has 1 aromatic carbocycles. The summed E-state index contributed by atoms with van der Waals surface area (Å²) >= 11 is 0. The van der Waals surface area contributed by atoms with E-state index in [1.54, 1.807) is 19.2 Å². The lowest BCUT2D eigenvalue weighted by Gasteiger charge is -2.27. The number of anilines is 1. The number of hydrogen-bond acceptors (Lipinski definition) is 4. The third-order valence-electron chi connectivity index (χ3n) is 2.85. The second-order valence-corrected chi connectivity index (χ2v) is 4.21. The lowest BCUT2D eigenvalue weighted by Crippen LogP contribution is -2.35. The van der Waals surface area contributed by atoms with Crippen LogP contribution in [0.25, 0.3) is 6.08 Å². The lowest BCUT2D eigenvalue weighted by molar-refractivity contribution is -0.131. The molecule has 6 nitrogen and oxygen atoms in total. The number of fused-ring (bicyclic) bond motifs is 1. The SMILES string of the molecule is CCOc1cc(/C=C/C(=O)O)cc2c1OCC(=O)N2C. The van der Waals surface area contributed by atoms with Gasteiger partial charge in [0.25, 0.3) is 5.91 Å². The number of benzene rings is 1. The Bertz CT molecular complexity index is 579. The second-order valence-electron chi connectivity index (χ2n) is 4.21. The minimum atomic E-state index is -1.04. The monoisotopic (exact) mass is 277 g/mol. The van der Waals surface area contributed by atoms with Crippen molar-refractivity contribution in [1.82, 2.24) is 0 Å². The van der Waals surface area contributed by atoms with Crippen LogP contribution in [0.2, 0.25) is 0 Å². The molecule has 1 N–H and O–H groups in total. The van der Waals surface area contributed by atoms with Gasteiger partial charge in [-0.25, -0.2) is 4.79 Å². The van der Waals surface area contributed by atoms with Crippen molar-refractivity contribution in [2.24, 2.45) is 0 Å². The molecule has 0 saturated heterocycles. The number of carboxylic acids is 1. The van der Waals surface area contributed by atoms with E-state index in [0.29, 0.717) is 29.4 Å². The van der Waals surface area contributed by atoms with Gasteiger partial charge in [0.15, 0.2) is 18.1 Å². The smallest absolute Gasteiger partial charge is 0.328 e. The van der Waals surface area contributed by atoms with Crippen LogP contribution >= 0.6 is 0 Å². The molecule has 0 spiro atoms. The van der Waals surface area contributed by atoms with E-state index < -0.39 is 5.97 Å². The van der Waals surface area contributed by atoms with Crippen molar-refractivity contribution >= 4 is 23.6 Å². The Balaban J connectivity index is 2.49. The molecule has 1 heterocycles. The third-order valence-corrected chi connectivity index (χ3v) is 2.85. The average molecular weight is 277 g/mol. The van der Waals surface area contributed by atoms with Gasteiger partial charge in [-0.05, 0) is 30.7 Å². The zero-order chi connectivity index (χ0) is 14.7. The zero-order valence-electron chi connectivity index (χ0n) is 11.3. The molecule has 0 atom stereocenters. The first-order valence-corrected chi connectivity index (χ1v) is 6.14. The van der Waals surface area contributed by atoms with Crippen LogP contribution in [0.15, 0.2) is 18.2 Å². The highest BCUT2D eigenvalue weighted by Gasteiger charge is 2.26. The van der Waals surface area contributed by atoms with Gasteiger partial charge in [0, 0.05) is 13.1 Å². The summed E-state index contributed by atoms with van der Waals surface area (Å²) in [6, 6.07) is 3.37. The fourth-order valence-electron chi connectivity index (χ4n) is 1.89. The molecule has 6 heteroatoms. The molecule has 0 radical (unpaired) electrons. The summed E-state index contributed by atoms with van der Waals surface area (Å²) in [7, 11) is 1.64. The fourth-order valence-corrected chi connectivity index (χ4v) is 1.89. The van der Waals surface area contributed by atoms with Gasteiger partial charge in [-0.15, -0.1) is 0 Å². The van der Waals surface area contributed by atoms with Gasteiger partial charge in [-0.3, -0.25) is 4.79 Å². The van der Waals surface area contributed by atoms with Crippen molar-refractivity contribution in [1.29, 1.82) is 0 Å². The lowest BCUT2D eigenvalue weighted by atomic mass is 10.1. The predicted molar refractivity (Wildman–Crippen MR) is 73.2 cm³/mol. The predicted octanol–water partition coefficient (Wildman–Crippen LogP) is 1.54. The highest BCUT2D eigenvalue weighted by atomic mass is 16.5. The van der Waals surface area contributed by atoms with Gasteiger partial charge in [-0.2, -0.15) is 0 Å². The average Bonchev–Trinajstić information content (AvgIpc) is 2.41. The minimum Gasteiger partial charge on any atom is -0.490 e. The molecule has 1 aromatic rings. The molecule has 0 bridgehead atoms. The number of ether oxygens (including phenoxy) is 2. The summed E-state index contributed by atoms with van der Waals surface area (Å²) in [4.78, 5) is 23.7. The summed E-state index contributed by atoms with van der Waals surface area (Å²) in [6.07, 6.45) is 2.47. The van der Waals surface area contributed by atoms with Gasteiger partial charge < -0.3 is 19.5 Å². The van der Waals surface area contributed by atoms with E-state index in [1.807, 2.05) is 6.92 Å². The van der Waals surface area contributed by atoms with Crippen LogP contribution in [0.5, 0.6) is 11.5 Å². The standard InChI is InChI=1S/C14H15NO5/c1-3-19-11-7-9(4-5-13(17)18)6-10-14(11)20-8-12(16)15(10)2/h4-7H,3,8H2,1-2H3,(H,17,18)/b5-4+. The Hall–Kier alpha value is -2.50. The zero-order valence-corrected chi connectivity index (χ0v) is 11.3.